The van der Waals surface area contributed by atoms with E-state index in [2.05, 4.69) is 10.2 Å². The topological polar surface area (TPSA) is 79.0 Å². The predicted octanol–water partition coefficient (Wildman–Crippen LogP) is 2.99. The second-order valence-electron chi connectivity index (χ2n) is 11.0. The molecule has 2 aliphatic carbocycles. The molecule has 1 N–H and O–H groups in total. The van der Waals surface area contributed by atoms with Crippen LogP contribution in [0.25, 0.3) is 0 Å². The Hall–Kier alpha value is -3.26. The molecule has 5 fully saturated rings. The molecule has 3 amide bonds. The van der Waals surface area contributed by atoms with Crippen molar-refractivity contribution >= 4 is 17.7 Å². The van der Waals surface area contributed by atoms with Crippen LogP contribution in [0.1, 0.15) is 59.5 Å². The summed E-state index contributed by atoms with van der Waals surface area (Å²) in [6.45, 7) is 2.18. The van der Waals surface area contributed by atoms with E-state index in [1.165, 1.54) is 6.07 Å². The molecule has 0 spiro atoms. The number of imide groups is 1. The summed E-state index contributed by atoms with van der Waals surface area (Å²) in [5.74, 6) is 0.00827. The highest BCUT2D eigenvalue weighted by Gasteiger charge is 2.63. The van der Waals surface area contributed by atoms with Crippen molar-refractivity contribution in [2.24, 2.45) is 5.92 Å². The van der Waals surface area contributed by atoms with E-state index in [9.17, 15) is 18.8 Å². The maximum absolute atomic E-state index is 13.6. The van der Waals surface area contributed by atoms with Gasteiger partial charge in [-0.25, -0.2) is 4.39 Å². The minimum absolute atomic E-state index is 0.0748. The summed E-state index contributed by atoms with van der Waals surface area (Å²) < 4.78 is 20.1. The van der Waals surface area contributed by atoms with E-state index < -0.39 is 5.54 Å². The molecule has 4 aliphatic heterocycles. The van der Waals surface area contributed by atoms with Gasteiger partial charge in [-0.15, -0.1) is 0 Å². The molecule has 2 aromatic carbocycles. The first-order valence-electron chi connectivity index (χ1n) is 12.9. The van der Waals surface area contributed by atoms with Crippen molar-refractivity contribution in [1.29, 1.82) is 0 Å². The Balaban J connectivity index is 1.03. The lowest BCUT2D eigenvalue weighted by Crippen LogP contribution is -2.73. The third kappa shape index (κ3) is 3.23. The standard InChI is InChI=1S/C28H28FN3O4/c29-20-4-1-3-16(9-20)19-13-31(14-19)23-5-2-6-24(23)36-21-7-8-22-17(10-21)15-32(26(22)34)28-11-18(12-28)25(33)30-27(28)35/h1,3-4,7-10,18-19,23-24H,2,5-6,11-15H2,(H,30,33,35)/t18?,23-,24-,28?/m1/s1. The Labute approximate surface area is 208 Å². The number of hydrogen-bond acceptors (Lipinski definition) is 5. The zero-order chi connectivity index (χ0) is 24.6. The molecule has 2 bridgehead atoms. The van der Waals surface area contributed by atoms with Crippen LogP contribution in [0.4, 0.5) is 4.39 Å². The molecular formula is C28H28FN3O4. The van der Waals surface area contributed by atoms with E-state index in [-0.39, 0.29) is 35.6 Å². The SMILES string of the molecule is O=C1NC(=O)C2(N3Cc4cc(O[C@@H]5CCC[C@H]5N5CC(c6cccc(F)c6)C5)ccc4C3=O)CC1C2. The molecule has 8 heteroatoms. The van der Waals surface area contributed by atoms with Crippen LogP contribution in [0.5, 0.6) is 5.75 Å². The lowest BCUT2D eigenvalue weighted by atomic mass is 9.63. The maximum atomic E-state index is 13.6. The van der Waals surface area contributed by atoms with Gasteiger partial charge in [-0.1, -0.05) is 12.1 Å². The van der Waals surface area contributed by atoms with Crippen molar-refractivity contribution in [3.05, 3.63) is 65.0 Å². The van der Waals surface area contributed by atoms with Gasteiger partial charge >= 0.3 is 0 Å². The minimum Gasteiger partial charge on any atom is -0.489 e. The first kappa shape index (κ1) is 22.0. The van der Waals surface area contributed by atoms with Gasteiger partial charge in [-0.2, -0.15) is 0 Å². The second-order valence-corrected chi connectivity index (χ2v) is 11.0. The van der Waals surface area contributed by atoms with Crippen LogP contribution in [0.3, 0.4) is 0 Å². The summed E-state index contributed by atoms with van der Waals surface area (Å²) in [4.78, 5) is 41.7. The second kappa shape index (κ2) is 7.87. The Morgan fingerprint density at radius 1 is 1.00 bits per heavy atom. The highest BCUT2D eigenvalue weighted by atomic mass is 19.1. The summed E-state index contributed by atoms with van der Waals surface area (Å²) in [7, 11) is 0. The molecule has 6 aliphatic rings. The van der Waals surface area contributed by atoms with E-state index in [4.69, 9.17) is 4.74 Å². The molecule has 8 rings (SSSR count). The number of nitrogens with one attached hydrogen (secondary N) is 1. The van der Waals surface area contributed by atoms with Gasteiger partial charge in [0, 0.05) is 43.1 Å². The minimum atomic E-state index is -0.901. The van der Waals surface area contributed by atoms with E-state index in [1.807, 2.05) is 18.2 Å². The van der Waals surface area contributed by atoms with Crippen LogP contribution in [0.15, 0.2) is 42.5 Å². The van der Waals surface area contributed by atoms with E-state index in [1.54, 1.807) is 23.1 Å². The predicted molar refractivity (Wildman–Crippen MR) is 128 cm³/mol. The average molecular weight is 490 g/mol. The van der Waals surface area contributed by atoms with Gasteiger partial charge in [0.25, 0.3) is 11.8 Å². The van der Waals surface area contributed by atoms with Crippen molar-refractivity contribution in [3.63, 3.8) is 0 Å². The number of nitrogens with zero attached hydrogens (tertiary/aromatic N) is 2. The fourth-order valence-corrected chi connectivity index (χ4v) is 6.91. The van der Waals surface area contributed by atoms with Crippen molar-refractivity contribution in [3.8, 4) is 5.75 Å². The zero-order valence-electron chi connectivity index (χ0n) is 19.9. The lowest BCUT2D eigenvalue weighted by Gasteiger charge is -2.53. The molecular weight excluding hydrogens is 461 g/mol. The first-order valence-corrected chi connectivity index (χ1v) is 12.9. The molecule has 2 aromatic rings. The summed E-state index contributed by atoms with van der Waals surface area (Å²) >= 11 is 0. The third-order valence-corrected chi connectivity index (χ3v) is 9.00. The molecule has 186 valence electrons. The lowest BCUT2D eigenvalue weighted by molar-refractivity contribution is -0.160. The summed E-state index contributed by atoms with van der Waals surface area (Å²) in [5.41, 5.74) is 1.63. The van der Waals surface area contributed by atoms with Gasteiger partial charge in [0.15, 0.2) is 0 Å². The Morgan fingerprint density at radius 3 is 2.61 bits per heavy atom. The quantitative estimate of drug-likeness (QED) is 0.654. The highest BCUT2D eigenvalue weighted by molar-refractivity contribution is 6.10. The number of hydrogen-bond donors (Lipinski definition) is 1. The van der Waals surface area contributed by atoms with Gasteiger partial charge < -0.3 is 9.64 Å². The fraction of sp³-hybridized carbons (Fsp3) is 0.464. The molecule has 0 unspecified atom stereocenters. The number of carbonyl (C=O) groups excluding carboxylic acids is 3. The molecule has 2 atom stereocenters. The van der Waals surface area contributed by atoms with Crippen LogP contribution >= 0.6 is 0 Å². The van der Waals surface area contributed by atoms with Crippen LogP contribution in [-0.2, 0) is 16.1 Å². The molecule has 2 saturated carbocycles. The van der Waals surface area contributed by atoms with Gasteiger partial charge in [-0.05, 0) is 73.6 Å². The molecule has 3 saturated heterocycles. The largest absolute Gasteiger partial charge is 0.489 e. The normalized spacial score (nSPS) is 31.6. The highest BCUT2D eigenvalue weighted by Crippen LogP contribution is 2.49. The van der Waals surface area contributed by atoms with Crippen molar-refractivity contribution in [2.45, 2.75) is 62.3 Å². The van der Waals surface area contributed by atoms with Gasteiger partial charge in [0.05, 0.1) is 0 Å². The van der Waals surface area contributed by atoms with Crippen LogP contribution in [0.2, 0.25) is 0 Å². The maximum Gasteiger partial charge on any atom is 0.255 e. The number of benzene rings is 2. The van der Waals surface area contributed by atoms with Gasteiger partial charge in [-0.3, -0.25) is 24.6 Å². The Morgan fingerprint density at radius 2 is 1.83 bits per heavy atom. The molecule has 36 heavy (non-hydrogen) atoms. The average Bonchev–Trinajstić information content (AvgIpc) is 3.36. The van der Waals surface area contributed by atoms with Crippen molar-refractivity contribution in [1.82, 2.24) is 15.1 Å². The van der Waals surface area contributed by atoms with Gasteiger partial charge in [0.2, 0.25) is 5.91 Å². The number of likely N-dealkylation sites (tertiary alicyclic amines) is 1. The zero-order valence-corrected chi connectivity index (χ0v) is 19.9. The van der Waals surface area contributed by atoms with Gasteiger partial charge in [0.1, 0.15) is 23.2 Å². The molecule has 7 nitrogen and oxygen atoms in total. The van der Waals surface area contributed by atoms with Crippen molar-refractivity contribution in [2.75, 3.05) is 13.1 Å². The van der Waals surface area contributed by atoms with E-state index in [0.29, 0.717) is 36.9 Å². The number of carbonyl (C=O) groups is 3. The summed E-state index contributed by atoms with van der Waals surface area (Å²) in [6, 6.07) is 12.8. The van der Waals surface area contributed by atoms with E-state index >= 15 is 0 Å². The number of ether oxygens (including phenoxy) is 1. The monoisotopic (exact) mass is 489 g/mol. The Bertz CT molecular complexity index is 1280. The first-order chi connectivity index (χ1) is 17.4. The fourth-order valence-electron chi connectivity index (χ4n) is 6.91. The Kier molecular flexibility index (Phi) is 4.80. The number of amides is 3. The third-order valence-electron chi connectivity index (χ3n) is 9.00. The molecule has 0 aromatic heterocycles. The van der Waals surface area contributed by atoms with Crippen LogP contribution in [-0.4, -0.2) is 58.3 Å². The number of piperidine rings is 2. The van der Waals surface area contributed by atoms with E-state index in [0.717, 1.165) is 49.2 Å². The van der Waals surface area contributed by atoms with Crippen molar-refractivity contribution < 1.29 is 23.5 Å². The number of halogens is 1. The number of fused-ring (bicyclic) bond motifs is 3. The molecule has 4 heterocycles. The molecule has 0 radical (unpaired) electrons. The summed E-state index contributed by atoms with van der Waals surface area (Å²) in [6.07, 6.45) is 4.06. The number of rotatable bonds is 5. The van der Waals surface area contributed by atoms with Crippen LogP contribution < -0.4 is 10.1 Å². The van der Waals surface area contributed by atoms with Crippen LogP contribution in [0, 0.1) is 11.7 Å². The summed E-state index contributed by atoms with van der Waals surface area (Å²) in [5, 5.41) is 2.43. The smallest absolute Gasteiger partial charge is 0.255 e.